The number of carbonyl (C=O) groups excluding carboxylic acids is 2. The Morgan fingerprint density at radius 1 is 1.04 bits per heavy atom. The van der Waals surface area contributed by atoms with E-state index in [1.165, 1.54) is 0 Å². The highest BCUT2D eigenvalue weighted by Gasteiger charge is 2.45. The molecule has 27 heavy (non-hydrogen) atoms. The maximum absolute atomic E-state index is 12.6. The van der Waals surface area contributed by atoms with Crippen molar-refractivity contribution in [1.29, 1.82) is 0 Å². The third-order valence-corrected chi connectivity index (χ3v) is 5.16. The van der Waals surface area contributed by atoms with Crippen molar-refractivity contribution in [1.82, 2.24) is 9.80 Å². The Morgan fingerprint density at radius 2 is 1.59 bits per heavy atom. The maximum Gasteiger partial charge on any atom is 0.410 e. The highest BCUT2D eigenvalue weighted by molar-refractivity contribution is 6.30. The van der Waals surface area contributed by atoms with Crippen LogP contribution in [-0.4, -0.2) is 66.8 Å². The Bertz CT molecular complexity index is 685. The van der Waals surface area contributed by atoms with Gasteiger partial charge in [-0.15, -0.1) is 0 Å². The molecular weight excluding hydrogens is 368 g/mol. The third kappa shape index (κ3) is 4.93. The number of fused-ring (bicyclic) bond motifs is 2. The van der Waals surface area contributed by atoms with Gasteiger partial charge >= 0.3 is 12.1 Å². The Balaban J connectivity index is 1.69. The largest absolute Gasteiger partial charge is 0.458 e. The lowest BCUT2D eigenvalue weighted by Gasteiger charge is -2.49. The highest BCUT2D eigenvalue weighted by atomic mass is 35.5. The van der Waals surface area contributed by atoms with Crippen LogP contribution in [0.15, 0.2) is 24.3 Å². The van der Waals surface area contributed by atoms with Crippen LogP contribution in [0.4, 0.5) is 4.79 Å². The van der Waals surface area contributed by atoms with Crippen LogP contribution in [0.25, 0.3) is 0 Å². The van der Waals surface area contributed by atoms with Gasteiger partial charge in [-0.2, -0.15) is 0 Å². The second-order valence-corrected chi connectivity index (χ2v) is 8.94. The average Bonchev–Trinajstić information content (AvgIpc) is 2.54. The van der Waals surface area contributed by atoms with E-state index < -0.39 is 5.60 Å². The SMILES string of the molecule is CN1CC2CN(C(=O)OC(C)(C)C)CC(C1)C2OC(=O)c1ccc(Cl)cc1. The standard InChI is InChI=1S/C20H27ClN2O4/c1-20(2,3)27-19(25)23-11-14-9-22(4)10-15(12-23)17(14)26-18(24)13-5-7-16(21)8-6-13/h5-8,14-15,17H,9-12H2,1-4H3. The minimum Gasteiger partial charge on any atom is -0.458 e. The van der Waals surface area contributed by atoms with Crippen molar-refractivity contribution in [3.63, 3.8) is 0 Å². The summed E-state index contributed by atoms with van der Waals surface area (Å²) in [5.74, 6) is -0.223. The van der Waals surface area contributed by atoms with Gasteiger partial charge in [0.25, 0.3) is 0 Å². The number of hydrogen-bond acceptors (Lipinski definition) is 5. The van der Waals surface area contributed by atoms with E-state index >= 15 is 0 Å². The van der Waals surface area contributed by atoms with Crippen molar-refractivity contribution >= 4 is 23.7 Å². The number of piperidine rings is 2. The highest BCUT2D eigenvalue weighted by Crippen LogP contribution is 2.32. The predicted octanol–water partition coefficient (Wildman–Crippen LogP) is 3.29. The van der Waals surface area contributed by atoms with Crippen LogP contribution < -0.4 is 0 Å². The first kappa shape index (κ1) is 20.0. The molecule has 2 heterocycles. The van der Waals surface area contributed by atoms with Gasteiger partial charge < -0.3 is 19.3 Å². The van der Waals surface area contributed by atoms with Gasteiger partial charge in [0, 0.05) is 43.0 Å². The molecule has 7 heteroatoms. The van der Waals surface area contributed by atoms with E-state index in [2.05, 4.69) is 11.9 Å². The van der Waals surface area contributed by atoms with Crippen molar-refractivity contribution in [3.05, 3.63) is 34.9 Å². The molecule has 0 radical (unpaired) electrons. The van der Waals surface area contributed by atoms with Crippen LogP contribution in [0.1, 0.15) is 31.1 Å². The van der Waals surface area contributed by atoms with E-state index in [4.69, 9.17) is 21.1 Å². The zero-order valence-electron chi connectivity index (χ0n) is 16.3. The lowest BCUT2D eigenvalue weighted by atomic mass is 9.81. The molecule has 2 bridgehead atoms. The normalized spacial score (nSPS) is 25.8. The zero-order valence-corrected chi connectivity index (χ0v) is 17.0. The molecule has 1 amide bonds. The second-order valence-electron chi connectivity index (χ2n) is 8.50. The van der Waals surface area contributed by atoms with Crippen LogP contribution in [0.5, 0.6) is 0 Å². The van der Waals surface area contributed by atoms with Gasteiger partial charge in [-0.25, -0.2) is 9.59 Å². The van der Waals surface area contributed by atoms with Crippen LogP contribution in [0, 0.1) is 11.8 Å². The molecule has 1 aromatic rings. The molecule has 2 aliphatic heterocycles. The Hall–Kier alpha value is -1.79. The first-order valence-electron chi connectivity index (χ1n) is 9.25. The summed E-state index contributed by atoms with van der Waals surface area (Å²) < 4.78 is 11.4. The molecule has 6 nitrogen and oxygen atoms in total. The fraction of sp³-hybridized carbons (Fsp3) is 0.600. The maximum atomic E-state index is 12.6. The van der Waals surface area contributed by atoms with Crippen molar-refractivity contribution in [3.8, 4) is 0 Å². The summed E-state index contributed by atoms with van der Waals surface area (Å²) in [6, 6.07) is 6.69. The molecule has 2 saturated heterocycles. The molecule has 2 unspecified atom stereocenters. The molecule has 0 saturated carbocycles. The number of rotatable bonds is 2. The van der Waals surface area contributed by atoms with Crippen LogP contribution >= 0.6 is 11.6 Å². The van der Waals surface area contributed by atoms with Crippen LogP contribution in [0.2, 0.25) is 5.02 Å². The van der Waals surface area contributed by atoms with E-state index in [0.717, 1.165) is 13.1 Å². The Morgan fingerprint density at radius 3 is 2.11 bits per heavy atom. The Labute approximate surface area is 165 Å². The number of nitrogens with zero attached hydrogens (tertiary/aromatic N) is 2. The molecule has 0 aromatic heterocycles. The van der Waals surface area contributed by atoms with Crippen molar-refractivity contribution < 1.29 is 19.1 Å². The monoisotopic (exact) mass is 394 g/mol. The van der Waals surface area contributed by atoms with Gasteiger partial charge in [0.05, 0.1) is 5.56 Å². The van der Waals surface area contributed by atoms with Crippen LogP contribution in [-0.2, 0) is 9.47 Å². The number of halogens is 1. The van der Waals surface area contributed by atoms with Gasteiger partial charge in [-0.1, -0.05) is 11.6 Å². The summed E-state index contributed by atoms with van der Waals surface area (Å²) in [5, 5.41) is 0.579. The van der Waals surface area contributed by atoms with Crippen molar-refractivity contribution in [2.24, 2.45) is 11.8 Å². The minimum atomic E-state index is -0.527. The van der Waals surface area contributed by atoms with E-state index in [-0.39, 0.29) is 30.0 Å². The number of esters is 1. The number of hydrogen-bond donors (Lipinski definition) is 0. The van der Waals surface area contributed by atoms with Gasteiger partial charge in [0.15, 0.2) is 0 Å². The summed E-state index contributed by atoms with van der Waals surface area (Å²) in [6.07, 6.45) is -0.507. The molecular formula is C20H27ClN2O4. The first-order valence-corrected chi connectivity index (χ1v) is 9.63. The van der Waals surface area contributed by atoms with Gasteiger partial charge in [0.1, 0.15) is 11.7 Å². The van der Waals surface area contributed by atoms with E-state index in [1.807, 2.05) is 20.8 Å². The van der Waals surface area contributed by atoms with Crippen molar-refractivity contribution in [2.45, 2.75) is 32.5 Å². The fourth-order valence-electron chi connectivity index (χ4n) is 3.88. The molecule has 2 fully saturated rings. The lowest BCUT2D eigenvalue weighted by Crippen LogP contribution is -2.61. The molecule has 0 aliphatic carbocycles. The molecule has 2 aliphatic rings. The summed E-state index contributed by atoms with van der Waals surface area (Å²) in [5.41, 5.74) is -0.0404. The number of carbonyl (C=O) groups is 2. The molecule has 3 rings (SSSR count). The lowest BCUT2D eigenvalue weighted by molar-refractivity contribution is -0.0850. The molecule has 2 atom stereocenters. The molecule has 0 N–H and O–H groups in total. The summed E-state index contributed by atoms with van der Waals surface area (Å²) >= 11 is 5.89. The second kappa shape index (κ2) is 7.68. The molecule has 0 spiro atoms. The molecule has 1 aromatic carbocycles. The van der Waals surface area contributed by atoms with Gasteiger partial charge in [0.2, 0.25) is 0 Å². The smallest absolute Gasteiger partial charge is 0.410 e. The fourth-order valence-corrected chi connectivity index (χ4v) is 4.00. The number of benzene rings is 1. The molecule has 148 valence electrons. The zero-order chi connectivity index (χ0) is 19.8. The van der Waals surface area contributed by atoms with E-state index in [9.17, 15) is 9.59 Å². The van der Waals surface area contributed by atoms with Crippen LogP contribution in [0.3, 0.4) is 0 Å². The quantitative estimate of drug-likeness (QED) is 0.720. The summed E-state index contributed by atoms with van der Waals surface area (Å²) in [4.78, 5) is 29.0. The first-order chi connectivity index (χ1) is 12.6. The summed E-state index contributed by atoms with van der Waals surface area (Å²) in [6.45, 7) is 8.17. The van der Waals surface area contributed by atoms with Crippen molar-refractivity contribution in [2.75, 3.05) is 33.2 Å². The van der Waals surface area contributed by atoms with E-state index in [1.54, 1.807) is 29.2 Å². The number of likely N-dealkylation sites (tertiary alicyclic amines) is 2. The topological polar surface area (TPSA) is 59.1 Å². The predicted molar refractivity (Wildman–Crippen MR) is 103 cm³/mol. The van der Waals surface area contributed by atoms with E-state index in [0.29, 0.717) is 23.7 Å². The average molecular weight is 395 g/mol. The minimum absolute atomic E-state index is 0.0614. The Kier molecular flexibility index (Phi) is 5.68. The van der Waals surface area contributed by atoms with Gasteiger partial charge in [-0.05, 0) is 52.1 Å². The number of ether oxygens (including phenoxy) is 2. The third-order valence-electron chi connectivity index (χ3n) is 4.91. The number of amides is 1. The summed E-state index contributed by atoms with van der Waals surface area (Å²) in [7, 11) is 2.06. The van der Waals surface area contributed by atoms with Gasteiger partial charge in [-0.3, -0.25) is 0 Å².